The van der Waals surface area contributed by atoms with E-state index in [0.717, 1.165) is 24.0 Å². The predicted molar refractivity (Wildman–Crippen MR) is 106 cm³/mol. The van der Waals surface area contributed by atoms with Crippen LogP contribution < -0.4 is 10.6 Å². The Morgan fingerprint density at radius 3 is 2.90 bits per heavy atom. The first-order valence-electron chi connectivity index (χ1n) is 9.51. The van der Waals surface area contributed by atoms with Gasteiger partial charge < -0.3 is 10.2 Å². The number of carbonyl (C=O) groups is 3. The van der Waals surface area contributed by atoms with Crippen LogP contribution in [-0.2, 0) is 22.6 Å². The quantitative estimate of drug-likeness (QED) is 0.426. The maximum atomic E-state index is 12.8. The number of halogens is 1. The largest absolute Gasteiger partial charge is 0.370 e. The lowest BCUT2D eigenvalue weighted by Crippen LogP contribution is -2.52. The number of nitrogens with zero attached hydrogens (tertiary/aromatic N) is 3. The minimum atomic E-state index is -0.593. The molecular formula is C20H20ClN5O3. The summed E-state index contributed by atoms with van der Waals surface area (Å²) in [6.07, 6.45) is 3.83. The Balaban J connectivity index is 1.40. The number of benzene rings is 1. The van der Waals surface area contributed by atoms with Crippen LogP contribution in [0.15, 0.2) is 30.5 Å². The van der Waals surface area contributed by atoms with Gasteiger partial charge in [0.2, 0.25) is 17.1 Å². The normalized spacial score (nSPS) is 18.6. The van der Waals surface area contributed by atoms with Crippen molar-refractivity contribution in [1.29, 1.82) is 0 Å². The molecule has 3 amide bonds. The highest BCUT2D eigenvalue weighted by molar-refractivity contribution is 6.28. The van der Waals surface area contributed by atoms with E-state index >= 15 is 0 Å². The molecule has 1 aromatic heterocycles. The van der Waals surface area contributed by atoms with E-state index in [1.165, 1.54) is 0 Å². The molecule has 4 rings (SSSR count). The molecule has 2 N–H and O–H groups in total. The van der Waals surface area contributed by atoms with Gasteiger partial charge in [-0.1, -0.05) is 12.1 Å². The summed E-state index contributed by atoms with van der Waals surface area (Å²) in [5.74, 6) is -0.155. The van der Waals surface area contributed by atoms with Crippen molar-refractivity contribution in [2.45, 2.75) is 38.3 Å². The standard InChI is InChI=1S/C20H20ClN5O3/c21-20-23-10-8-16(24-20)22-9-2-4-12-3-1-5-13-14(12)11-26(19(13)29)15-6-7-17(27)25-18(15)28/h1,3,5,8,10,15H,2,4,6-7,9,11H2,(H,22,23,24)(H,25,27,28). The Hall–Kier alpha value is -3.00. The topological polar surface area (TPSA) is 104 Å². The summed E-state index contributed by atoms with van der Waals surface area (Å²) in [4.78, 5) is 46.0. The van der Waals surface area contributed by atoms with Gasteiger partial charge in [0, 0.05) is 31.3 Å². The Labute approximate surface area is 172 Å². The van der Waals surface area contributed by atoms with Crippen molar-refractivity contribution in [3.63, 3.8) is 0 Å². The molecule has 1 atom stereocenters. The first-order valence-corrected chi connectivity index (χ1v) is 9.88. The van der Waals surface area contributed by atoms with Crippen molar-refractivity contribution in [2.24, 2.45) is 0 Å². The lowest BCUT2D eigenvalue weighted by atomic mass is 9.99. The monoisotopic (exact) mass is 413 g/mol. The second-order valence-corrected chi connectivity index (χ2v) is 7.42. The molecule has 3 heterocycles. The van der Waals surface area contributed by atoms with Gasteiger partial charge in [-0.25, -0.2) is 9.97 Å². The maximum Gasteiger partial charge on any atom is 0.255 e. The molecule has 1 aromatic carbocycles. The summed E-state index contributed by atoms with van der Waals surface area (Å²) in [6.45, 7) is 1.09. The molecule has 0 saturated carbocycles. The molecule has 150 valence electrons. The van der Waals surface area contributed by atoms with Crippen molar-refractivity contribution in [2.75, 3.05) is 11.9 Å². The molecule has 9 heteroatoms. The van der Waals surface area contributed by atoms with Gasteiger partial charge in [-0.05, 0) is 54.1 Å². The molecular weight excluding hydrogens is 394 g/mol. The van der Waals surface area contributed by atoms with E-state index in [9.17, 15) is 14.4 Å². The van der Waals surface area contributed by atoms with E-state index < -0.39 is 11.9 Å². The minimum Gasteiger partial charge on any atom is -0.370 e. The van der Waals surface area contributed by atoms with E-state index in [2.05, 4.69) is 20.6 Å². The number of piperidine rings is 1. The zero-order valence-electron chi connectivity index (χ0n) is 15.7. The number of hydrogen-bond donors (Lipinski definition) is 2. The number of aryl methyl sites for hydroxylation is 1. The molecule has 0 spiro atoms. The van der Waals surface area contributed by atoms with Gasteiger partial charge in [0.1, 0.15) is 11.9 Å². The number of amides is 3. The lowest BCUT2D eigenvalue weighted by molar-refractivity contribution is -0.136. The molecule has 1 fully saturated rings. The Kier molecular flexibility index (Phi) is 5.44. The van der Waals surface area contributed by atoms with Crippen LogP contribution in [0.2, 0.25) is 5.28 Å². The van der Waals surface area contributed by atoms with Crippen LogP contribution in [0.3, 0.4) is 0 Å². The number of carbonyl (C=O) groups excluding carboxylic acids is 3. The number of imide groups is 1. The highest BCUT2D eigenvalue weighted by Gasteiger charge is 2.39. The molecule has 1 unspecified atom stereocenters. The second-order valence-electron chi connectivity index (χ2n) is 7.08. The fraction of sp³-hybridized carbons (Fsp3) is 0.350. The first kappa shape index (κ1) is 19.3. The minimum absolute atomic E-state index is 0.148. The van der Waals surface area contributed by atoms with Crippen LogP contribution in [0.4, 0.5) is 5.82 Å². The van der Waals surface area contributed by atoms with Crippen LogP contribution in [-0.4, -0.2) is 45.2 Å². The zero-order valence-corrected chi connectivity index (χ0v) is 16.4. The summed E-state index contributed by atoms with van der Waals surface area (Å²) in [6, 6.07) is 6.85. The van der Waals surface area contributed by atoms with E-state index in [4.69, 9.17) is 11.6 Å². The van der Waals surface area contributed by atoms with E-state index in [-0.39, 0.29) is 23.5 Å². The van der Waals surface area contributed by atoms with E-state index in [1.54, 1.807) is 23.2 Å². The number of anilines is 1. The number of fused-ring (bicyclic) bond motifs is 1. The third-order valence-corrected chi connectivity index (χ3v) is 5.42. The zero-order chi connectivity index (χ0) is 20.4. The number of hydrogen-bond acceptors (Lipinski definition) is 6. The maximum absolute atomic E-state index is 12.8. The average Bonchev–Trinajstić information content (AvgIpc) is 3.03. The first-order chi connectivity index (χ1) is 14.0. The van der Waals surface area contributed by atoms with Gasteiger partial charge in [0.25, 0.3) is 5.91 Å². The van der Waals surface area contributed by atoms with Crippen molar-refractivity contribution in [3.8, 4) is 0 Å². The van der Waals surface area contributed by atoms with Crippen LogP contribution in [0, 0.1) is 0 Å². The van der Waals surface area contributed by atoms with Crippen molar-refractivity contribution < 1.29 is 14.4 Å². The van der Waals surface area contributed by atoms with Crippen molar-refractivity contribution in [1.82, 2.24) is 20.2 Å². The molecule has 0 bridgehead atoms. The summed E-state index contributed by atoms with van der Waals surface area (Å²) >= 11 is 5.78. The fourth-order valence-electron chi connectivity index (χ4n) is 3.81. The molecule has 0 radical (unpaired) electrons. The molecule has 2 aliphatic rings. The fourth-order valence-corrected chi connectivity index (χ4v) is 3.96. The molecule has 2 aliphatic heterocycles. The summed E-state index contributed by atoms with van der Waals surface area (Å²) < 4.78 is 0. The summed E-state index contributed by atoms with van der Waals surface area (Å²) in [7, 11) is 0. The molecule has 29 heavy (non-hydrogen) atoms. The second kappa shape index (κ2) is 8.16. The van der Waals surface area contributed by atoms with Gasteiger partial charge in [-0.3, -0.25) is 19.7 Å². The highest BCUT2D eigenvalue weighted by Crippen LogP contribution is 2.30. The van der Waals surface area contributed by atoms with Crippen LogP contribution in [0.25, 0.3) is 0 Å². The predicted octanol–water partition coefficient (Wildman–Crippen LogP) is 1.94. The molecule has 1 saturated heterocycles. The van der Waals surface area contributed by atoms with Gasteiger partial charge >= 0.3 is 0 Å². The van der Waals surface area contributed by atoms with Gasteiger partial charge in [0.05, 0.1) is 0 Å². The number of rotatable bonds is 6. The van der Waals surface area contributed by atoms with Crippen LogP contribution in [0.1, 0.15) is 40.7 Å². The van der Waals surface area contributed by atoms with Crippen molar-refractivity contribution in [3.05, 3.63) is 52.4 Å². The summed E-state index contributed by atoms with van der Waals surface area (Å²) in [5.41, 5.74) is 2.70. The Morgan fingerprint density at radius 1 is 1.24 bits per heavy atom. The third kappa shape index (κ3) is 4.07. The highest BCUT2D eigenvalue weighted by atomic mass is 35.5. The van der Waals surface area contributed by atoms with Crippen molar-refractivity contribution >= 4 is 35.1 Å². The Morgan fingerprint density at radius 2 is 2.10 bits per heavy atom. The van der Waals surface area contributed by atoms with E-state index in [1.807, 2.05) is 12.1 Å². The van der Waals surface area contributed by atoms with Gasteiger partial charge in [0.15, 0.2) is 0 Å². The SMILES string of the molecule is O=C1CCC(N2Cc3c(CCCNc4ccnc(Cl)n4)cccc3C2=O)C(=O)N1. The van der Waals surface area contributed by atoms with Crippen LogP contribution >= 0.6 is 11.6 Å². The third-order valence-electron chi connectivity index (χ3n) is 5.23. The molecule has 8 nitrogen and oxygen atoms in total. The Bertz CT molecular complexity index is 980. The average molecular weight is 414 g/mol. The van der Waals surface area contributed by atoms with Gasteiger partial charge in [-0.2, -0.15) is 0 Å². The summed E-state index contributed by atoms with van der Waals surface area (Å²) in [5, 5.41) is 5.73. The number of aromatic nitrogens is 2. The van der Waals surface area contributed by atoms with Crippen LogP contribution in [0.5, 0.6) is 0 Å². The van der Waals surface area contributed by atoms with Gasteiger partial charge in [-0.15, -0.1) is 0 Å². The number of nitrogens with one attached hydrogen (secondary N) is 2. The van der Waals surface area contributed by atoms with E-state index in [0.29, 0.717) is 30.9 Å². The smallest absolute Gasteiger partial charge is 0.255 e. The molecule has 0 aliphatic carbocycles. The molecule has 2 aromatic rings. The lowest BCUT2D eigenvalue weighted by Gasteiger charge is -2.29.